The molecule has 5 aromatic rings. The van der Waals surface area contributed by atoms with Crippen LogP contribution in [0.4, 0.5) is 0 Å². The van der Waals surface area contributed by atoms with Crippen LogP contribution >= 0.6 is 0 Å². The molecule has 11 N–H and O–H groups in total. The summed E-state index contributed by atoms with van der Waals surface area (Å²) >= 11 is 0. The van der Waals surface area contributed by atoms with E-state index in [0.717, 1.165) is 284 Å². The number of benzene rings is 5. The van der Waals surface area contributed by atoms with Crippen LogP contribution in [0.25, 0.3) is 0 Å². The van der Waals surface area contributed by atoms with Gasteiger partial charge in [0.1, 0.15) is 0 Å². The fourth-order valence-corrected chi connectivity index (χ4v) is 21.4. The molecule has 0 radical (unpaired) electrons. The van der Waals surface area contributed by atoms with E-state index < -0.39 is 46.1 Å². The van der Waals surface area contributed by atoms with Crippen LogP contribution in [0.2, 0.25) is 0 Å². The number of hydrogen-bond acceptors (Lipinski definition) is 11. The third-order valence-corrected chi connectivity index (χ3v) is 35.2. The Bertz CT molecular complexity index is 4370. The molecule has 15 rings (SSSR count). The standard InChI is InChI=1S/2C25H38O2.3C23H34O4/c1-19-11-12-21(9-6-8-13-24(3)15-16-24)22(20(19)2)10-5-4-7-14-25(17-18-25)23(26)27;1-19-17-21(9-5-4-7-12-25(15-16-25)23(26)27)22(18-20(19)2)10-6-8-11-24(3)13-14-24;1-22(13-14-22)11-6-4-7-17-9-10-19(24)20(25)18(17)8-3-2-5-12-23(15-16-23)21(26)27;1-22(13-14-22)11-6-4-8-18-17(9-10-19(24)20(18)25)7-3-2-5-12-23(15-16-23)21(26)27;1-22(11-12-22)9-6-4-8-18-16-20(25)19(24)15-17(18)7-3-2-5-10-23(13-14-23)21(26)27/h11-12H,4-10,13-18H2,1-3H3,(H,26,27);17-18H,4-16H2,1-3H3,(H,26,27);2*9-10,24-25H,2-8,11-16H2,1H3,(H,26,27);15-16,24-25H,2-14H2,1H3,(H,26,27). The van der Waals surface area contributed by atoms with Crippen molar-refractivity contribution in [3.8, 4) is 34.5 Å². The van der Waals surface area contributed by atoms with Gasteiger partial charge in [0.15, 0.2) is 34.5 Å². The number of phenols is 6. The van der Waals surface area contributed by atoms with Crippen molar-refractivity contribution < 1.29 is 80.1 Å². The van der Waals surface area contributed by atoms with Crippen LogP contribution in [0, 0.1) is 81.8 Å². The summed E-state index contributed by atoms with van der Waals surface area (Å²) in [5.41, 5.74) is 19.4. The van der Waals surface area contributed by atoms with E-state index in [4.69, 9.17) is 0 Å². The van der Waals surface area contributed by atoms with Gasteiger partial charge in [-0.15, -0.1) is 0 Å². The molecule has 16 nitrogen and oxygen atoms in total. The fraction of sp³-hybridized carbons (Fsp3) is 0.706. The number of carbonyl (C=O) groups is 5. The van der Waals surface area contributed by atoms with Gasteiger partial charge in [0.25, 0.3) is 0 Å². The van der Waals surface area contributed by atoms with Gasteiger partial charge in [0, 0.05) is 11.1 Å². The Kier molecular flexibility index (Phi) is 38.6. The lowest BCUT2D eigenvalue weighted by Crippen LogP contribution is -2.14. The molecule has 0 saturated heterocycles. The van der Waals surface area contributed by atoms with Gasteiger partial charge in [-0.2, -0.15) is 0 Å². The second-order valence-electron chi connectivity index (χ2n) is 47.4. The fourth-order valence-electron chi connectivity index (χ4n) is 21.4. The molecule has 0 aliphatic heterocycles. The predicted octanol–water partition coefficient (Wildman–Crippen LogP) is 30.3. The Hall–Kier alpha value is -7.75. The van der Waals surface area contributed by atoms with Gasteiger partial charge >= 0.3 is 29.8 Å². The zero-order valence-electron chi connectivity index (χ0n) is 85.2. The first kappa shape index (κ1) is 108. The topological polar surface area (TPSA) is 308 Å². The van der Waals surface area contributed by atoms with Crippen LogP contribution in [0.3, 0.4) is 0 Å². The summed E-state index contributed by atoms with van der Waals surface area (Å²) in [5.74, 6) is -3.10. The van der Waals surface area contributed by atoms with Gasteiger partial charge in [0.2, 0.25) is 0 Å². The van der Waals surface area contributed by atoms with Crippen molar-refractivity contribution in [1.29, 1.82) is 0 Å². The Balaban J connectivity index is 0.000000162. The van der Waals surface area contributed by atoms with Crippen LogP contribution < -0.4 is 0 Å². The molecule has 10 aliphatic rings. The third kappa shape index (κ3) is 33.8. The zero-order chi connectivity index (χ0) is 97.5. The minimum atomic E-state index is -0.643. The van der Waals surface area contributed by atoms with Crippen molar-refractivity contribution in [2.75, 3.05) is 0 Å². The van der Waals surface area contributed by atoms with Gasteiger partial charge in [-0.3, -0.25) is 24.0 Å². The molecular formula is C119H178O16. The summed E-state index contributed by atoms with van der Waals surface area (Å²) in [4.78, 5) is 56.2. The van der Waals surface area contributed by atoms with Gasteiger partial charge in [0.05, 0.1) is 27.1 Å². The SMILES string of the molecule is CC1(CCCCc2c(CCCCCC3(C(=O)O)CC3)ccc(O)c2O)CC1.CC1(CCCCc2cc(O)c(O)cc2CCCCCC2(C(=O)O)CC2)CC1.CC1(CCCCc2ccc(O)c(O)c2CCCCCC2(C(=O)O)CC2)CC1.Cc1cc(CCCCCC2(C(=O)O)CC2)c(CCCCC2(C)CC2)cc1C.Cc1ccc(CCCCC2(C)CC2)c(CCCCCC2(C(=O)O)CC2)c1C. The summed E-state index contributed by atoms with van der Waals surface area (Å²) in [5, 5.41) is 106. The van der Waals surface area contributed by atoms with E-state index in [1.807, 2.05) is 12.1 Å². The third-order valence-electron chi connectivity index (χ3n) is 35.2. The first-order chi connectivity index (χ1) is 64.2. The second-order valence-corrected chi connectivity index (χ2v) is 47.4. The minimum Gasteiger partial charge on any atom is -0.504 e. The van der Waals surface area contributed by atoms with Crippen LogP contribution in [-0.2, 0) is 88.2 Å². The second kappa shape index (κ2) is 48.4. The number of unbranched alkanes of at least 4 members (excludes halogenated alkanes) is 15. The van der Waals surface area contributed by atoms with Crippen LogP contribution in [0.5, 0.6) is 34.5 Å². The monoisotopic (exact) mass is 1860 g/mol. The van der Waals surface area contributed by atoms with Crippen molar-refractivity contribution >= 4 is 29.8 Å². The number of aryl methyl sites for hydroxylation is 10. The zero-order valence-corrected chi connectivity index (χ0v) is 85.2. The van der Waals surface area contributed by atoms with Crippen molar-refractivity contribution in [2.24, 2.45) is 54.1 Å². The highest BCUT2D eigenvalue weighted by molar-refractivity contribution is 5.79. The molecule has 0 unspecified atom stereocenters. The smallest absolute Gasteiger partial charge is 0.309 e. The molecule has 5 aromatic carbocycles. The summed E-state index contributed by atoms with van der Waals surface area (Å²) < 4.78 is 0. The molecular weight excluding hydrogens is 1690 g/mol. The van der Waals surface area contributed by atoms with Gasteiger partial charge in [-0.25, -0.2) is 0 Å². The number of rotatable bonds is 60. The molecule has 0 atom stereocenters. The maximum atomic E-state index is 11.3. The summed E-state index contributed by atoms with van der Waals surface area (Å²) in [6.07, 6.45) is 70.8. The largest absolute Gasteiger partial charge is 0.504 e. The lowest BCUT2D eigenvalue weighted by Gasteiger charge is -2.16. The van der Waals surface area contributed by atoms with E-state index in [1.165, 1.54) is 195 Å². The Morgan fingerprint density at radius 2 is 0.415 bits per heavy atom. The quantitative estimate of drug-likeness (QED) is 0.0127. The number of phenolic OH excluding ortho intramolecular Hbond substituents is 6. The first-order valence-electron chi connectivity index (χ1n) is 54.2. The predicted molar refractivity (Wildman–Crippen MR) is 543 cm³/mol. The molecule has 0 spiro atoms. The molecule has 0 amide bonds. The molecule has 0 heterocycles. The highest BCUT2D eigenvalue weighted by Gasteiger charge is 2.53. The molecule has 10 aliphatic carbocycles. The van der Waals surface area contributed by atoms with E-state index >= 15 is 0 Å². The maximum absolute atomic E-state index is 11.3. The average Bonchev–Trinajstić information content (AvgIpc) is 1.67. The van der Waals surface area contributed by atoms with Crippen LogP contribution in [0.15, 0.2) is 60.7 Å². The summed E-state index contributed by atoms with van der Waals surface area (Å²) in [6, 6.07) is 20.0. The van der Waals surface area contributed by atoms with Crippen LogP contribution in [-0.4, -0.2) is 86.0 Å². The number of carboxylic acids is 5. The van der Waals surface area contributed by atoms with Crippen LogP contribution in [0.1, 0.15) is 466 Å². The highest BCUT2D eigenvalue weighted by Crippen LogP contribution is 2.57. The van der Waals surface area contributed by atoms with E-state index in [9.17, 15) is 80.1 Å². The van der Waals surface area contributed by atoms with Crippen molar-refractivity contribution in [2.45, 2.75) is 480 Å². The lowest BCUT2D eigenvalue weighted by molar-refractivity contribution is -0.144. The Morgan fingerprint density at radius 1 is 0.215 bits per heavy atom. The number of carboxylic acid groups (broad SMARTS) is 5. The van der Waals surface area contributed by atoms with Gasteiger partial charge in [-0.05, 0) is 467 Å². The molecule has 10 saturated carbocycles. The summed E-state index contributed by atoms with van der Waals surface area (Å²) in [6.45, 7) is 20.9. The minimum absolute atomic E-state index is 0.0277. The maximum Gasteiger partial charge on any atom is 0.309 e. The number of hydrogen-bond donors (Lipinski definition) is 11. The normalized spacial score (nSPS) is 19.0. The molecule has 135 heavy (non-hydrogen) atoms. The molecule has 0 aromatic heterocycles. The Morgan fingerprint density at radius 3 is 0.659 bits per heavy atom. The highest BCUT2D eigenvalue weighted by atomic mass is 16.4. The van der Waals surface area contributed by atoms with Crippen molar-refractivity contribution in [1.82, 2.24) is 0 Å². The van der Waals surface area contributed by atoms with E-state index in [1.54, 1.807) is 41.0 Å². The summed E-state index contributed by atoms with van der Waals surface area (Å²) in [7, 11) is 0. The molecule has 10 fully saturated rings. The average molecular weight is 1860 g/mol. The number of aromatic hydroxyl groups is 6. The van der Waals surface area contributed by atoms with Gasteiger partial charge < -0.3 is 56.2 Å². The van der Waals surface area contributed by atoms with E-state index in [2.05, 4.69) is 86.6 Å². The Labute approximate surface area is 812 Å². The first-order valence-corrected chi connectivity index (χ1v) is 54.2. The lowest BCUT2D eigenvalue weighted by atomic mass is 9.89. The van der Waals surface area contributed by atoms with Crippen molar-refractivity contribution in [3.63, 3.8) is 0 Å². The van der Waals surface area contributed by atoms with E-state index in [0.29, 0.717) is 27.1 Å². The molecule has 16 heteroatoms. The van der Waals surface area contributed by atoms with E-state index in [-0.39, 0.29) is 45.3 Å². The number of aliphatic carboxylic acids is 5. The van der Waals surface area contributed by atoms with Gasteiger partial charge in [-0.1, -0.05) is 167 Å². The molecule has 750 valence electrons. The van der Waals surface area contributed by atoms with Crippen molar-refractivity contribution in [3.05, 3.63) is 139 Å². The molecule has 0 bridgehead atoms.